The predicted molar refractivity (Wildman–Crippen MR) is 74.7 cm³/mol. The van der Waals surface area contributed by atoms with Crippen LogP contribution in [0.4, 0.5) is 23.2 Å². The summed E-state index contributed by atoms with van der Waals surface area (Å²) >= 11 is 0. The molecule has 0 bridgehead atoms. The predicted octanol–water partition coefficient (Wildman–Crippen LogP) is 4.89. The van der Waals surface area contributed by atoms with Crippen molar-refractivity contribution >= 4 is 5.69 Å². The topological polar surface area (TPSA) is 12.0 Å². The fourth-order valence-electron chi connectivity index (χ4n) is 2.00. The quantitative estimate of drug-likeness (QED) is 0.612. The summed E-state index contributed by atoms with van der Waals surface area (Å²) in [6, 6.07) is 12.1. The third kappa shape index (κ3) is 4.48. The molecule has 0 saturated carbocycles. The molecular weight excluding hydrogens is 282 g/mol. The molecule has 0 amide bonds. The zero-order chi connectivity index (χ0) is 15.3. The van der Waals surface area contributed by atoms with Crippen LogP contribution in [0.5, 0.6) is 0 Å². The van der Waals surface area contributed by atoms with Crippen LogP contribution in [0.25, 0.3) is 0 Å². The van der Waals surface area contributed by atoms with E-state index in [1.807, 2.05) is 30.3 Å². The summed E-state index contributed by atoms with van der Waals surface area (Å²) in [5, 5.41) is 2.72. The van der Waals surface area contributed by atoms with E-state index in [1.165, 1.54) is 0 Å². The molecule has 2 rings (SSSR count). The highest BCUT2D eigenvalue weighted by molar-refractivity contribution is 5.48. The number of hydrogen-bond donors (Lipinski definition) is 1. The van der Waals surface area contributed by atoms with E-state index in [0.29, 0.717) is 13.0 Å². The Morgan fingerprint density at radius 3 is 2.33 bits per heavy atom. The summed E-state index contributed by atoms with van der Waals surface area (Å²) in [5.74, 6) is -0.678. The first kappa shape index (κ1) is 15.4. The lowest BCUT2D eigenvalue weighted by atomic mass is 10.1. The first-order valence-electron chi connectivity index (χ1n) is 6.61. The Bertz CT molecular complexity index is 579. The van der Waals surface area contributed by atoms with Crippen molar-refractivity contribution in [1.82, 2.24) is 0 Å². The average Bonchev–Trinajstić information content (AvgIpc) is 2.45. The van der Waals surface area contributed by atoms with E-state index in [-0.39, 0.29) is 5.69 Å². The molecule has 0 aliphatic rings. The second kappa shape index (κ2) is 6.61. The fraction of sp³-hybridized carbons (Fsp3) is 0.250. The van der Waals surface area contributed by atoms with Crippen molar-refractivity contribution in [2.75, 3.05) is 11.9 Å². The van der Waals surface area contributed by atoms with Gasteiger partial charge in [0.1, 0.15) is 5.82 Å². The van der Waals surface area contributed by atoms with Gasteiger partial charge in [-0.2, -0.15) is 13.2 Å². The van der Waals surface area contributed by atoms with Crippen LogP contribution in [-0.2, 0) is 12.6 Å². The maximum absolute atomic E-state index is 13.5. The summed E-state index contributed by atoms with van der Waals surface area (Å²) < 4.78 is 51.2. The van der Waals surface area contributed by atoms with Gasteiger partial charge in [0.05, 0.1) is 11.3 Å². The minimum Gasteiger partial charge on any atom is -0.383 e. The van der Waals surface area contributed by atoms with E-state index in [2.05, 4.69) is 5.32 Å². The highest BCUT2D eigenvalue weighted by Gasteiger charge is 2.31. The Balaban J connectivity index is 1.91. The molecule has 0 spiro atoms. The number of aryl methyl sites for hydroxylation is 1. The first-order chi connectivity index (χ1) is 9.97. The van der Waals surface area contributed by atoms with Gasteiger partial charge < -0.3 is 5.32 Å². The van der Waals surface area contributed by atoms with Gasteiger partial charge in [0.2, 0.25) is 0 Å². The Morgan fingerprint density at radius 2 is 1.67 bits per heavy atom. The third-order valence-corrected chi connectivity index (χ3v) is 3.09. The normalized spacial score (nSPS) is 11.4. The molecular formula is C16H15F4N. The van der Waals surface area contributed by atoms with Gasteiger partial charge in [-0.1, -0.05) is 30.3 Å². The molecule has 2 aromatic carbocycles. The number of rotatable bonds is 5. The second-order valence-electron chi connectivity index (χ2n) is 4.71. The van der Waals surface area contributed by atoms with Crippen LogP contribution in [-0.4, -0.2) is 6.54 Å². The van der Waals surface area contributed by atoms with Crippen LogP contribution in [0.15, 0.2) is 48.5 Å². The number of nitrogens with one attached hydrogen (secondary N) is 1. The van der Waals surface area contributed by atoms with Crippen LogP contribution in [0, 0.1) is 5.82 Å². The Labute approximate surface area is 120 Å². The summed E-state index contributed by atoms with van der Waals surface area (Å²) in [6.07, 6.45) is -2.97. The summed E-state index contributed by atoms with van der Waals surface area (Å²) in [6.45, 7) is 0.410. The van der Waals surface area contributed by atoms with Crippen molar-refractivity contribution < 1.29 is 17.6 Å². The van der Waals surface area contributed by atoms with E-state index >= 15 is 0 Å². The van der Waals surface area contributed by atoms with Crippen LogP contribution in [0.1, 0.15) is 17.5 Å². The molecule has 5 heteroatoms. The smallest absolute Gasteiger partial charge is 0.383 e. The summed E-state index contributed by atoms with van der Waals surface area (Å²) in [5.41, 5.74) is 0.177. The van der Waals surface area contributed by atoms with E-state index in [9.17, 15) is 17.6 Å². The highest BCUT2D eigenvalue weighted by Crippen LogP contribution is 2.31. The first-order valence-corrected chi connectivity index (χ1v) is 6.61. The molecule has 0 radical (unpaired) electrons. The zero-order valence-electron chi connectivity index (χ0n) is 11.3. The molecule has 0 fully saturated rings. The van der Waals surface area contributed by atoms with Crippen LogP contribution >= 0.6 is 0 Å². The monoisotopic (exact) mass is 297 g/mol. The molecule has 0 unspecified atom stereocenters. The van der Waals surface area contributed by atoms with E-state index in [4.69, 9.17) is 0 Å². The zero-order valence-corrected chi connectivity index (χ0v) is 11.3. The Hall–Kier alpha value is -2.04. The van der Waals surface area contributed by atoms with Gasteiger partial charge in [-0.05, 0) is 36.6 Å². The van der Waals surface area contributed by atoms with Gasteiger partial charge in [-0.25, -0.2) is 4.39 Å². The molecule has 0 saturated heterocycles. The van der Waals surface area contributed by atoms with Crippen molar-refractivity contribution in [2.24, 2.45) is 0 Å². The van der Waals surface area contributed by atoms with Crippen LogP contribution < -0.4 is 5.32 Å². The molecule has 21 heavy (non-hydrogen) atoms. The summed E-state index contributed by atoms with van der Waals surface area (Å²) in [4.78, 5) is 0. The van der Waals surface area contributed by atoms with Crippen LogP contribution in [0.3, 0.4) is 0 Å². The van der Waals surface area contributed by atoms with E-state index < -0.39 is 17.6 Å². The van der Waals surface area contributed by atoms with Crippen LogP contribution in [0.2, 0.25) is 0 Å². The molecule has 112 valence electrons. The van der Waals surface area contributed by atoms with Gasteiger partial charge in [0, 0.05) is 6.54 Å². The van der Waals surface area contributed by atoms with Crippen molar-refractivity contribution in [1.29, 1.82) is 0 Å². The van der Waals surface area contributed by atoms with Crippen molar-refractivity contribution in [3.8, 4) is 0 Å². The van der Waals surface area contributed by atoms with Gasteiger partial charge >= 0.3 is 6.18 Å². The minimum absolute atomic E-state index is 0.113. The SMILES string of the molecule is Fc1ccc(C(F)(F)F)cc1NCCCc1ccccc1. The summed E-state index contributed by atoms with van der Waals surface area (Å²) in [7, 11) is 0. The van der Waals surface area contributed by atoms with E-state index in [0.717, 1.165) is 30.2 Å². The Kier molecular flexibility index (Phi) is 4.83. The fourth-order valence-corrected chi connectivity index (χ4v) is 2.00. The average molecular weight is 297 g/mol. The molecule has 0 atom stereocenters. The standard InChI is InChI=1S/C16H15F4N/c17-14-9-8-13(16(18,19)20)11-15(14)21-10-4-7-12-5-2-1-3-6-12/h1-3,5-6,8-9,11,21H,4,7,10H2. The Morgan fingerprint density at radius 1 is 0.952 bits per heavy atom. The number of alkyl halides is 3. The molecule has 0 aromatic heterocycles. The van der Waals surface area contributed by atoms with Gasteiger partial charge in [0.25, 0.3) is 0 Å². The maximum Gasteiger partial charge on any atom is 0.416 e. The molecule has 0 aliphatic heterocycles. The number of hydrogen-bond acceptors (Lipinski definition) is 1. The maximum atomic E-state index is 13.5. The molecule has 0 aliphatic carbocycles. The molecule has 1 nitrogen and oxygen atoms in total. The number of anilines is 1. The van der Waals surface area contributed by atoms with Crippen molar-refractivity contribution in [2.45, 2.75) is 19.0 Å². The lowest BCUT2D eigenvalue weighted by molar-refractivity contribution is -0.137. The largest absolute Gasteiger partial charge is 0.416 e. The van der Waals surface area contributed by atoms with Crippen molar-refractivity contribution in [3.05, 3.63) is 65.5 Å². The van der Waals surface area contributed by atoms with E-state index in [1.54, 1.807) is 0 Å². The highest BCUT2D eigenvalue weighted by atomic mass is 19.4. The molecule has 0 heterocycles. The van der Waals surface area contributed by atoms with Gasteiger partial charge in [0.15, 0.2) is 0 Å². The minimum atomic E-state index is -4.46. The third-order valence-electron chi connectivity index (χ3n) is 3.09. The lowest BCUT2D eigenvalue weighted by Gasteiger charge is -2.11. The van der Waals surface area contributed by atoms with Gasteiger partial charge in [-0.15, -0.1) is 0 Å². The second-order valence-corrected chi connectivity index (χ2v) is 4.71. The number of halogens is 4. The van der Waals surface area contributed by atoms with Crippen molar-refractivity contribution in [3.63, 3.8) is 0 Å². The lowest BCUT2D eigenvalue weighted by Crippen LogP contribution is -2.09. The molecule has 2 aromatic rings. The van der Waals surface area contributed by atoms with Gasteiger partial charge in [-0.3, -0.25) is 0 Å². The number of benzene rings is 2. The molecule has 1 N–H and O–H groups in total.